The standard InChI is InChI=1S/C7H11N2.BF3.K/c1-7(2,3)6-4-5-8-9-6;2-1(3)4;/h4H,1-3H3,(H,8,9);;/q-1;;+1. The van der Waals surface area contributed by atoms with E-state index in [-0.39, 0.29) is 56.8 Å². The maximum Gasteiger partial charge on any atom is 1.00 e. The number of rotatable bonds is 0. The van der Waals surface area contributed by atoms with Gasteiger partial charge in [-0.1, -0.05) is 31.9 Å². The second-order valence-electron chi connectivity index (χ2n) is 3.39. The Morgan fingerprint density at radius 3 is 1.93 bits per heavy atom. The molecule has 0 bridgehead atoms. The molecule has 14 heavy (non-hydrogen) atoms. The van der Waals surface area contributed by atoms with Gasteiger partial charge in [0.2, 0.25) is 0 Å². The molecule has 0 saturated heterocycles. The monoisotopic (exact) mass is 230 g/mol. The molecule has 0 saturated carbocycles. The van der Waals surface area contributed by atoms with Crippen molar-refractivity contribution in [3.63, 3.8) is 0 Å². The molecule has 1 heterocycles. The molecule has 0 atom stereocenters. The summed E-state index contributed by atoms with van der Waals surface area (Å²) < 4.78 is 29.0. The molecule has 0 aliphatic rings. The smallest absolute Gasteiger partial charge is 0.390 e. The second-order valence-corrected chi connectivity index (χ2v) is 3.39. The molecule has 7 heteroatoms. The third-order valence-electron chi connectivity index (χ3n) is 1.22. The van der Waals surface area contributed by atoms with E-state index < -0.39 is 7.54 Å². The van der Waals surface area contributed by atoms with E-state index in [2.05, 4.69) is 37.2 Å². The van der Waals surface area contributed by atoms with Crippen molar-refractivity contribution >= 4 is 7.54 Å². The van der Waals surface area contributed by atoms with E-state index in [1.54, 1.807) is 0 Å². The molecule has 2 nitrogen and oxygen atoms in total. The molecular formula is C7H11BF3KN2. The van der Waals surface area contributed by atoms with E-state index >= 15 is 0 Å². The van der Waals surface area contributed by atoms with Crippen molar-refractivity contribution < 1.29 is 64.3 Å². The van der Waals surface area contributed by atoms with Crippen LogP contribution in [0.1, 0.15) is 26.5 Å². The van der Waals surface area contributed by atoms with Gasteiger partial charge in [-0.25, -0.2) is 0 Å². The minimum Gasteiger partial charge on any atom is -0.390 e. The molecule has 1 N–H and O–H groups in total. The predicted molar refractivity (Wildman–Crippen MR) is 45.2 cm³/mol. The van der Waals surface area contributed by atoms with Crippen molar-refractivity contribution in [1.29, 1.82) is 0 Å². The molecule has 0 fully saturated rings. The number of aromatic amines is 1. The van der Waals surface area contributed by atoms with Gasteiger partial charge in [0.25, 0.3) is 0 Å². The summed E-state index contributed by atoms with van der Waals surface area (Å²) in [5.41, 5.74) is 1.21. The van der Waals surface area contributed by atoms with Gasteiger partial charge >= 0.3 is 58.9 Å². The Morgan fingerprint density at radius 2 is 1.79 bits per heavy atom. The first-order valence-electron chi connectivity index (χ1n) is 3.68. The van der Waals surface area contributed by atoms with Crippen LogP contribution in [0, 0.1) is 6.20 Å². The van der Waals surface area contributed by atoms with Crippen LogP contribution in [0.15, 0.2) is 6.07 Å². The summed E-state index contributed by atoms with van der Waals surface area (Å²) in [7, 11) is -3.67. The van der Waals surface area contributed by atoms with Gasteiger partial charge < -0.3 is 5.10 Å². The van der Waals surface area contributed by atoms with Crippen LogP contribution in [-0.2, 0) is 5.41 Å². The molecule has 0 spiro atoms. The van der Waals surface area contributed by atoms with E-state index in [9.17, 15) is 12.9 Å². The van der Waals surface area contributed by atoms with Gasteiger partial charge in [0.1, 0.15) is 0 Å². The average molecular weight is 230 g/mol. The maximum atomic E-state index is 9.67. The molecular weight excluding hydrogens is 219 g/mol. The van der Waals surface area contributed by atoms with Crippen molar-refractivity contribution in [2.45, 2.75) is 26.2 Å². The normalized spacial score (nSPS) is 9.57. The fraction of sp³-hybridized carbons (Fsp3) is 0.571. The SMILES string of the molecule is CC(C)(C)c1c[c-][nH]n1.FB(F)F.[K+]. The summed E-state index contributed by atoms with van der Waals surface area (Å²) in [5, 5.41) is 6.67. The van der Waals surface area contributed by atoms with Crippen molar-refractivity contribution in [2.75, 3.05) is 0 Å². The van der Waals surface area contributed by atoms with Gasteiger partial charge in [-0.05, 0) is 0 Å². The van der Waals surface area contributed by atoms with E-state index in [0.29, 0.717) is 0 Å². The van der Waals surface area contributed by atoms with Crippen molar-refractivity contribution in [1.82, 2.24) is 10.2 Å². The summed E-state index contributed by atoms with van der Waals surface area (Å²) >= 11 is 0. The van der Waals surface area contributed by atoms with Crippen LogP contribution in [0.4, 0.5) is 12.9 Å². The largest absolute Gasteiger partial charge is 1.00 e. The molecule has 1 aromatic rings. The predicted octanol–water partition coefficient (Wildman–Crippen LogP) is -0.609. The fourth-order valence-corrected chi connectivity index (χ4v) is 0.610. The fourth-order valence-electron chi connectivity index (χ4n) is 0.610. The molecule has 1 aromatic heterocycles. The first-order chi connectivity index (χ1) is 5.84. The van der Waals surface area contributed by atoms with E-state index in [1.807, 2.05) is 6.07 Å². The molecule has 0 radical (unpaired) electrons. The first-order valence-corrected chi connectivity index (χ1v) is 3.68. The molecule has 74 valence electrons. The number of nitrogens with one attached hydrogen (secondary N) is 1. The Morgan fingerprint density at radius 1 is 1.36 bits per heavy atom. The molecule has 0 aromatic carbocycles. The quantitative estimate of drug-likeness (QED) is 0.467. The Kier molecular flexibility index (Phi) is 9.68. The van der Waals surface area contributed by atoms with Crippen molar-refractivity contribution in [2.24, 2.45) is 0 Å². The number of halogens is 3. The molecule has 0 aliphatic carbocycles. The van der Waals surface area contributed by atoms with Crippen molar-refractivity contribution in [3.8, 4) is 0 Å². The Bertz CT molecular complexity index is 221. The first kappa shape index (κ1) is 17.1. The zero-order valence-electron chi connectivity index (χ0n) is 8.74. The van der Waals surface area contributed by atoms with Crippen LogP contribution in [0.3, 0.4) is 0 Å². The van der Waals surface area contributed by atoms with Gasteiger partial charge in [0.05, 0.1) is 0 Å². The molecule has 0 aliphatic heterocycles. The topological polar surface area (TPSA) is 28.7 Å². The number of hydrogen-bond donors (Lipinski definition) is 1. The third-order valence-corrected chi connectivity index (χ3v) is 1.22. The molecule has 0 unspecified atom stereocenters. The Balaban J connectivity index is 0. The van der Waals surface area contributed by atoms with E-state index in [0.717, 1.165) is 5.69 Å². The van der Waals surface area contributed by atoms with Crippen LogP contribution in [-0.4, -0.2) is 17.7 Å². The maximum absolute atomic E-state index is 9.67. The van der Waals surface area contributed by atoms with Crippen LogP contribution >= 0.6 is 0 Å². The van der Waals surface area contributed by atoms with E-state index in [4.69, 9.17) is 0 Å². The minimum atomic E-state index is -3.67. The zero-order valence-corrected chi connectivity index (χ0v) is 11.9. The van der Waals surface area contributed by atoms with Crippen LogP contribution in [0.5, 0.6) is 0 Å². The third kappa shape index (κ3) is 9.26. The second kappa shape index (κ2) is 7.92. The van der Waals surface area contributed by atoms with Gasteiger partial charge in [0.15, 0.2) is 0 Å². The minimum absolute atomic E-state index is 0. The van der Waals surface area contributed by atoms with Gasteiger partial charge in [-0.15, -0.1) is 0 Å². The van der Waals surface area contributed by atoms with Gasteiger partial charge in [0, 0.05) is 0 Å². The summed E-state index contributed by atoms with van der Waals surface area (Å²) in [6, 6.07) is 1.88. The van der Waals surface area contributed by atoms with Crippen molar-refractivity contribution in [3.05, 3.63) is 18.0 Å². The van der Waals surface area contributed by atoms with Crippen LogP contribution in [0.25, 0.3) is 0 Å². The van der Waals surface area contributed by atoms with Gasteiger partial charge in [-0.2, -0.15) is 12.3 Å². The molecule has 1 rings (SSSR count). The summed E-state index contributed by atoms with van der Waals surface area (Å²) in [6.07, 6.45) is 2.80. The van der Waals surface area contributed by atoms with E-state index in [1.165, 1.54) is 0 Å². The number of aromatic nitrogens is 2. The Labute approximate surface area is 125 Å². The number of hydrogen-bond acceptors (Lipinski definition) is 1. The van der Waals surface area contributed by atoms with Crippen LogP contribution < -0.4 is 51.4 Å². The Hall–Kier alpha value is 0.701. The average Bonchev–Trinajstić information content (AvgIpc) is 2.31. The summed E-state index contributed by atoms with van der Waals surface area (Å²) in [6.45, 7) is 6.37. The summed E-state index contributed by atoms with van der Waals surface area (Å²) in [5.74, 6) is 0. The summed E-state index contributed by atoms with van der Waals surface area (Å²) in [4.78, 5) is 0. The zero-order chi connectivity index (χ0) is 10.5. The van der Waals surface area contributed by atoms with Crippen LogP contribution in [0.2, 0.25) is 0 Å². The molecule has 0 amide bonds. The number of nitrogens with zero attached hydrogens (tertiary/aromatic N) is 1. The van der Waals surface area contributed by atoms with Gasteiger partial charge in [-0.3, -0.25) is 18.0 Å². The number of H-pyrrole nitrogens is 1.